The van der Waals surface area contributed by atoms with E-state index in [1.165, 1.54) is 6.07 Å². The summed E-state index contributed by atoms with van der Waals surface area (Å²) < 4.78 is 13.2. The molecule has 2 amide bonds. The molecule has 1 rings (SSSR count). The van der Waals surface area contributed by atoms with E-state index in [0.29, 0.717) is 18.5 Å². The van der Waals surface area contributed by atoms with E-state index in [1.54, 1.807) is 18.2 Å². The van der Waals surface area contributed by atoms with Crippen LogP contribution in [0, 0.1) is 5.82 Å². The maximum atomic E-state index is 13.2. The molecule has 0 atom stereocenters. The van der Waals surface area contributed by atoms with Crippen LogP contribution in [-0.2, 0) is 16.0 Å². The first-order valence-corrected chi connectivity index (χ1v) is 5.60. The average Bonchev–Trinajstić information content (AvgIpc) is 2.38. The predicted molar refractivity (Wildman–Crippen MR) is 72.4 cm³/mol. The summed E-state index contributed by atoms with van der Waals surface area (Å²) in [6.07, 6.45) is 0.406. The van der Waals surface area contributed by atoms with Crippen LogP contribution in [0.4, 0.5) is 4.39 Å². The number of hydrogen-bond acceptors (Lipinski definition) is 3. The molecule has 1 aromatic rings. The molecule has 0 bridgehead atoms. The van der Waals surface area contributed by atoms with Gasteiger partial charge in [-0.3, -0.25) is 9.59 Å². The van der Waals surface area contributed by atoms with Crippen molar-refractivity contribution >= 4 is 24.2 Å². The number of rotatable bonds is 6. The van der Waals surface area contributed by atoms with Crippen LogP contribution in [0.1, 0.15) is 5.56 Å². The summed E-state index contributed by atoms with van der Waals surface area (Å²) in [5, 5.41) is 4.92. The zero-order valence-corrected chi connectivity index (χ0v) is 11.1. The molecule has 19 heavy (non-hydrogen) atoms. The molecular weight excluding hydrogens is 273 g/mol. The molecule has 0 unspecified atom stereocenters. The first kappa shape index (κ1) is 17.3. The highest BCUT2D eigenvalue weighted by Gasteiger charge is 2.04. The second-order valence-corrected chi connectivity index (χ2v) is 3.67. The highest BCUT2D eigenvalue weighted by molar-refractivity contribution is 5.85. The third kappa shape index (κ3) is 6.73. The van der Waals surface area contributed by atoms with E-state index in [0.717, 1.165) is 0 Å². The quantitative estimate of drug-likeness (QED) is 0.688. The summed E-state index contributed by atoms with van der Waals surface area (Å²) in [5.74, 6) is -1.00. The maximum absolute atomic E-state index is 13.2. The Kier molecular flexibility index (Phi) is 8.48. The van der Waals surface area contributed by atoms with Gasteiger partial charge >= 0.3 is 0 Å². The van der Waals surface area contributed by atoms with Crippen LogP contribution in [0.3, 0.4) is 0 Å². The third-order valence-electron chi connectivity index (χ3n) is 2.31. The highest BCUT2D eigenvalue weighted by atomic mass is 35.5. The standard InChI is InChI=1S/C12H16FN3O2.ClH/c13-10-4-2-1-3-9(10)5-6-15-12(18)8-16-11(17)7-14;/h1-4H,5-8,14H2,(H,15,18)(H,16,17);1H. The molecule has 0 aliphatic rings. The molecule has 0 saturated carbocycles. The zero-order chi connectivity index (χ0) is 13.4. The molecule has 7 heteroatoms. The van der Waals surface area contributed by atoms with E-state index in [-0.39, 0.29) is 43.1 Å². The maximum Gasteiger partial charge on any atom is 0.239 e. The minimum atomic E-state index is -0.390. The molecule has 106 valence electrons. The lowest BCUT2D eigenvalue weighted by molar-refractivity contribution is -0.125. The first-order valence-electron chi connectivity index (χ1n) is 5.60. The molecule has 0 aliphatic heterocycles. The van der Waals surface area contributed by atoms with Gasteiger partial charge in [0.25, 0.3) is 0 Å². The molecule has 0 heterocycles. The van der Waals surface area contributed by atoms with Gasteiger partial charge in [-0.05, 0) is 18.1 Å². The zero-order valence-electron chi connectivity index (χ0n) is 10.3. The van der Waals surface area contributed by atoms with E-state index in [4.69, 9.17) is 5.73 Å². The number of carbonyl (C=O) groups excluding carboxylic acids is 2. The van der Waals surface area contributed by atoms with Crippen LogP contribution >= 0.6 is 12.4 Å². The number of nitrogens with one attached hydrogen (secondary N) is 2. The molecule has 1 aromatic carbocycles. The van der Waals surface area contributed by atoms with Crippen LogP contribution in [0.25, 0.3) is 0 Å². The summed E-state index contributed by atoms with van der Waals surface area (Å²) >= 11 is 0. The summed E-state index contributed by atoms with van der Waals surface area (Å²) in [5.41, 5.74) is 5.61. The fourth-order valence-electron chi connectivity index (χ4n) is 1.35. The van der Waals surface area contributed by atoms with Crippen molar-refractivity contribution in [2.75, 3.05) is 19.6 Å². The Balaban J connectivity index is 0.00000324. The Hall–Kier alpha value is -1.66. The highest BCUT2D eigenvalue weighted by Crippen LogP contribution is 2.05. The first-order chi connectivity index (χ1) is 8.63. The SMILES string of the molecule is Cl.NCC(=O)NCC(=O)NCCc1ccccc1F. The van der Waals surface area contributed by atoms with Crippen molar-refractivity contribution in [2.24, 2.45) is 5.73 Å². The molecule has 0 spiro atoms. The topological polar surface area (TPSA) is 84.2 Å². The van der Waals surface area contributed by atoms with Gasteiger partial charge in [-0.15, -0.1) is 12.4 Å². The van der Waals surface area contributed by atoms with Gasteiger partial charge in [0.1, 0.15) is 5.82 Å². The summed E-state index contributed by atoms with van der Waals surface area (Å²) in [4.78, 5) is 22.1. The number of amides is 2. The van der Waals surface area contributed by atoms with Crippen molar-refractivity contribution in [2.45, 2.75) is 6.42 Å². The number of benzene rings is 1. The summed E-state index contributed by atoms with van der Waals surface area (Å²) in [7, 11) is 0. The molecular formula is C12H17ClFN3O2. The second-order valence-electron chi connectivity index (χ2n) is 3.67. The monoisotopic (exact) mass is 289 g/mol. The summed E-state index contributed by atoms with van der Waals surface area (Å²) in [6.45, 7) is 0.0497. The molecule has 4 N–H and O–H groups in total. The van der Waals surface area contributed by atoms with Gasteiger partial charge in [-0.25, -0.2) is 4.39 Å². The van der Waals surface area contributed by atoms with E-state index in [2.05, 4.69) is 10.6 Å². The molecule has 0 aliphatic carbocycles. The Morgan fingerprint density at radius 3 is 2.47 bits per heavy atom. The van der Waals surface area contributed by atoms with Crippen molar-refractivity contribution in [3.05, 3.63) is 35.6 Å². The predicted octanol–water partition coefficient (Wildman–Crippen LogP) is -0.0189. The van der Waals surface area contributed by atoms with Crippen molar-refractivity contribution in [3.63, 3.8) is 0 Å². The second kappa shape index (κ2) is 9.29. The number of carbonyl (C=O) groups is 2. The van der Waals surface area contributed by atoms with Crippen molar-refractivity contribution < 1.29 is 14.0 Å². The normalized spacial score (nSPS) is 9.37. The van der Waals surface area contributed by atoms with Crippen LogP contribution in [0.5, 0.6) is 0 Å². The van der Waals surface area contributed by atoms with Crippen LogP contribution < -0.4 is 16.4 Å². The fourth-order valence-corrected chi connectivity index (χ4v) is 1.35. The Labute approximate surface area is 117 Å². The minimum Gasteiger partial charge on any atom is -0.354 e. The van der Waals surface area contributed by atoms with E-state index in [9.17, 15) is 14.0 Å². The largest absolute Gasteiger partial charge is 0.354 e. The lowest BCUT2D eigenvalue weighted by atomic mass is 10.1. The van der Waals surface area contributed by atoms with E-state index < -0.39 is 0 Å². The average molecular weight is 290 g/mol. The van der Waals surface area contributed by atoms with E-state index >= 15 is 0 Å². The molecule has 0 saturated heterocycles. The Morgan fingerprint density at radius 2 is 1.84 bits per heavy atom. The van der Waals surface area contributed by atoms with Crippen molar-refractivity contribution in [1.82, 2.24) is 10.6 Å². The van der Waals surface area contributed by atoms with Gasteiger partial charge in [0.2, 0.25) is 11.8 Å². The van der Waals surface area contributed by atoms with Crippen molar-refractivity contribution in [1.29, 1.82) is 0 Å². The van der Waals surface area contributed by atoms with Gasteiger partial charge in [0.15, 0.2) is 0 Å². The number of nitrogens with two attached hydrogens (primary N) is 1. The van der Waals surface area contributed by atoms with Gasteiger partial charge < -0.3 is 16.4 Å². The van der Waals surface area contributed by atoms with E-state index in [1.807, 2.05) is 0 Å². The minimum absolute atomic E-state index is 0. The lowest BCUT2D eigenvalue weighted by Crippen LogP contribution is -2.40. The van der Waals surface area contributed by atoms with Gasteiger partial charge in [0.05, 0.1) is 13.1 Å². The third-order valence-corrected chi connectivity index (χ3v) is 2.31. The number of hydrogen-bond donors (Lipinski definition) is 3. The molecule has 0 radical (unpaired) electrons. The lowest BCUT2D eigenvalue weighted by Gasteiger charge is -2.06. The van der Waals surface area contributed by atoms with Crippen LogP contribution in [0.15, 0.2) is 24.3 Å². The van der Waals surface area contributed by atoms with Gasteiger partial charge in [0, 0.05) is 6.54 Å². The molecule has 5 nitrogen and oxygen atoms in total. The molecule has 0 fully saturated rings. The van der Waals surface area contributed by atoms with Crippen molar-refractivity contribution in [3.8, 4) is 0 Å². The van der Waals surface area contributed by atoms with Crippen LogP contribution in [-0.4, -0.2) is 31.4 Å². The Morgan fingerprint density at radius 1 is 1.16 bits per heavy atom. The Bertz CT molecular complexity index is 429. The molecule has 0 aromatic heterocycles. The van der Waals surface area contributed by atoms with Gasteiger partial charge in [-0.2, -0.15) is 0 Å². The smallest absolute Gasteiger partial charge is 0.239 e. The summed E-state index contributed by atoms with van der Waals surface area (Å²) in [6, 6.07) is 6.39. The number of halogens is 2. The van der Waals surface area contributed by atoms with Crippen LogP contribution in [0.2, 0.25) is 0 Å². The van der Waals surface area contributed by atoms with Gasteiger partial charge in [-0.1, -0.05) is 18.2 Å². The fraction of sp³-hybridized carbons (Fsp3) is 0.333.